The smallest absolute Gasteiger partial charge is 0.326 e. The average Bonchev–Trinajstić information content (AvgIpc) is 2.95. The molecular weight excluding hydrogens is 387 g/mol. The number of halogens is 2. The number of nitrogens with zero attached hydrogens (tertiary/aromatic N) is 4. The molecule has 0 atom stereocenters. The lowest BCUT2D eigenvalue weighted by Gasteiger charge is -2.09. The monoisotopic (exact) mass is 406 g/mol. The van der Waals surface area contributed by atoms with Gasteiger partial charge in [0.2, 0.25) is 0 Å². The molecule has 9 heteroatoms. The summed E-state index contributed by atoms with van der Waals surface area (Å²) in [5.74, 6) is 0.765. The topological polar surface area (TPSA) is 88.5 Å². The highest BCUT2D eigenvalue weighted by molar-refractivity contribution is 5.98. The molecule has 0 spiro atoms. The minimum atomic E-state index is -0.105. The summed E-state index contributed by atoms with van der Waals surface area (Å²) in [6.45, 7) is 3.30. The molecule has 0 radical (unpaired) electrons. The second-order valence-corrected chi connectivity index (χ2v) is 5.82. The van der Waals surface area contributed by atoms with Gasteiger partial charge in [-0.1, -0.05) is 6.07 Å². The van der Waals surface area contributed by atoms with Crippen molar-refractivity contribution in [2.45, 2.75) is 19.9 Å². The lowest BCUT2D eigenvalue weighted by molar-refractivity contribution is 0.753. The zero-order valence-electron chi connectivity index (χ0n) is 14.7. The van der Waals surface area contributed by atoms with Gasteiger partial charge in [-0.15, -0.1) is 24.8 Å². The van der Waals surface area contributed by atoms with Crippen molar-refractivity contribution >= 4 is 52.6 Å². The zero-order valence-corrected chi connectivity index (χ0v) is 16.3. The first-order valence-corrected chi connectivity index (χ1v) is 8.26. The fourth-order valence-electron chi connectivity index (χ4n) is 3.03. The van der Waals surface area contributed by atoms with Crippen molar-refractivity contribution in [3.63, 3.8) is 0 Å². The van der Waals surface area contributed by atoms with Gasteiger partial charge in [-0.3, -0.25) is 9.55 Å². The third-order valence-electron chi connectivity index (χ3n) is 4.28. The Morgan fingerprint density at radius 1 is 1.22 bits per heavy atom. The van der Waals surface area contributed by atoms with Crippen LogP contribution in [0.25, 0.3) is 21.9 Å². The van der Waals surface area contributed by atoms with E-state index in [1.54, 1.807) is 17.1 Å². The van der Waals surface area contributed by atoms with E-state index in [0.29, 0.717) is 6.54 Å². The summed E-state index contributed by atoms with van der Waals surface area (Å²) in [6.07, 6.45) is 6.02. The molecule has 4 aromatic rings. The highest BCUT2D eigenvalue weighted by atomic mass is 35.5. The number of fused-ring (bicyclic) bond motifs is 2. The normalized spacial score (nSPS) is 10.4. The second-order valence-electron chi connectivity index (χ2n) is 5.82. The minimum Gasteiger partial charge on any atom is -0.369 e. The van der Waals surface area contributed by atoms with E-state index in [1.165, 1.54) is 5.56 Å². The molecule has 0 aliphatic rings. The summed E-state index contributed by atoms with van der Waals surface area (Å²) in [5.41, 5.74) is 3.53. The van der Waals surface area contributed by atoms with E-state index in [2.05, 4.69) is 31.3 Å². The van der Waals surface area contributed by atoms with Gasteiger partial charge in [0, 0.05) is 30.9 Å². The number of hydrogen-bond acceptors (Lipinski definition) is 5. The van der Waals surface area contributed by atoms with Crippen molar-refractivity contribution in [1.82, 2.24) is 24.5 Å². The molecule has 3 heterocycles. The molecule has 0 aliphatic heterocycles. The van der Waals surface area contributed by atoms with E-state index in [-0.39, 0.29) is 30.5 Å². The van der Waals surface area contributed by atoms with E-state index >= 15 is 0 Å². The van der Waals surface area contributed by atoms with Crippen LogP contribution in [0.3, 0.4) is 0 Å². The molecule has 142 valence electrons. The number of pyridine rings is 1. The van der Waals surface area contributed by atoms with E-state index < -0.39 is 0 Å². The summed E-state index contributed by atoms with van der Waals surface area (Å²) in [6, 6.07) is 7.85. The fourth-order valence-corrected chi connectivity index (χ4v) is 3.03. The molecule has 7 nitrogen and oxygen atoms in total. The van der Waals surface area contributed by atoms with Crippen LogP contribution in [0.15, 0.2) is 47.8 Å². The third kappa shape index (κ3) is 4.04. The van der Waals surface area contributed by atoms with Gasteiger partial charge in [0.25, 0.3) is 0 Å². The quantitative estimate of drug-likeness (QED) is 0.531. The van der Waals surface area contributed by atoms with E-state index in [1.807, 2.05) is 31.3 Å². The van der Waals surface area contributed by atoms with Crippen molar-refractivity contribution in [3.05, 3.63) is 59.0 Å². The fraction of sp³-hybridized carbons (Fsp3) is 0.222. The van der Waals surface area contributed by atoms with Crippen LogP contribution < -0.4 is 11.0 Å². The predicted octanol–water partition coefficient (Wildman–Crippen LogP) is 3.19. The van der Waals surface area contributed by atoms with Gasteiger partial charge >= 0.3 is 5.69 Å². The summed E-state index contributed by atoms with van der Waals surface area (Å²) in [4.78, 5) is 27.7. The molecular formula is C18H20Cl2N6O. The SMILES string of the molecule is CCn1c(=O)[nH]c2cc3c(NCCc4cccnc4)ncnc3cc21.Cl.Cl. The molecule has 0 amide bonds. The largest absolute Gasteiger partial charge is 0.369 e. The maximum Gasteiger partial charge on any atom is 0.326 e. The zero-order chi connectivity index (χ0) is 17.2. The summed E-state index contributed by atoms with van der Waals surface area (Å²) in [7, 11) is 0. The highest BCUT2D eigenvalue weighted by Gasteiger charge is 2.10. The molecule has 27 heavy (non-hydrogen) atoms. The maximum atomic E-state index is 12.0. The van der Waals surface area contributed by atoms with Crippen LogP contribution in [0.5, 0.6) is 0 Å². The Balaban J connectivity index is 0.00000131. The first kappa shape index (κ1) is 20.7. The van der Waals surface area contributed by atoms with Gasteiger partial charge in [-0.05, 0) is 37.1 Å². The first-order valence-electron chi connectivity index (χ1n) is 8.26. The van der Waals surface area contributed by atoms with Gasteiger partial charge in [-0.2, -0.15) is 0 Å². The molecule has 0 bridgehead atoms. The minimum absolute atomic E-state index is 0. The molecule has 3 aromatic heterocycles. The standard InChI is InChI=1S/C18H18N6O.2ClH/c1-2-24-16-9-14-13(8-15(16)23-18(24)25)17(22-11-21-14)20-7-5-12-4-3-6-19-10-12;;/h3-4,6,8-11H,2,5,7H2,1H3,(H,23,25)(H,20,21,22);2*1H. The van der Waals surface area contributed by atoms with E-state index in [9.17, 15) is 4.79 Å². The number of H-pyrrole nitrogens is 1. The number of aromatic amines is 1. The van der Waals surface area contributed by atoms with E-state index in [4.69, 9.17) is 0 Å². The number of hydrogen-bond donors (Lipinski definition) is 2. The summed E-state index contributed by atoms with van der Waals surface area (Å²) in [5, 5.41) is 4.25. The molecule has 4 rings (SSSR count). The Morgan fingerprint density at radius 2 is 2.07 bits per heavy atom. The van der Waals surface area contributed by atoms with Crippen molar-refractivity contribution in [1.29, 1.82) is 0 Å². The maximum absolute atomic E-state index is 12.0. The predicted molar refractivity (Wildman–Crippen MR) is 112 cm³/mol. The molecule has 0 fully saturated rings. The number of rotatable bonds is 5. The Labute approximate surface area is 168 Å². The molecule has 0 saturated heterocycles. The lowest BCUT2D eigenvalue weighted by atomic mass is 10.2. The Bertz CT molecular complexity index is 1090. The van der Waals surface area contributed by atoms with Crippen LogP contribution >= 0.6 is 24.8 Å². The number of benzene rings is 1. The Hall–Kier alpha value is -2.64. The first-order chi connectivity index (χ1) is 12.3. The number of aryl methyl sites for hydroxylation is 1. The average molecular weight is 407 g/mol. The van der Waals surface area contributed by atoms with E-state index in [0.717, 1.165) is 40.7 Å². The van der Waals surface area contributed by atoms with Gasteiger partial charge in [0.1, 0.15) is 12.1 Å². The second kappa shape index (κ2) is 8.83. The van der Waals surface area contributed by atoms with Gasteiger partial charge in [0.15, 0.2) is 0 Å². The number of imidazole rings is 1. The van der Waals surface area contributed by atoms with Crippen LogP contribution in [0.2, 0.25) is 0 Å². The molecule has 1 aromatic carbocycles. The molecule has 0 unspecified atom stereocenters. The van der Waals surface area contributed by atoms with Crippen LogP contribution in [0.4, 0.5) is 5.82 Å². The van der Waals surface area contributed by atoms with Gasteiger partial charge < -0.3 is 10.3 Å². The molecule has 0 saturated carbocycles. The van der Waals surface area contributed by atoms with Gasteiger partial charge in [-0.25, -0.2) is 14.8 Å². The lowest BCUT2D eigenvalue weighted by Crippen LogP contribution is -2.14. The number of nitrogens with one attached hydrogen (secondary N) is 2. The van der Waals surface area contributed by atoms with Crippen LogP contribution in [0.1, 0.15) is 12.5 Å². The number of anilines is 1. The summed E-state index contributed by atoms with van der Waals surface area (Å²) >= 11 is 0. The van der Waals surface area contributed by atoms with Crippen LogP contribution in [-0.2, 0) is 13.0 Å². The van der Waals surface area contributed by atoms with Crippen molar-refractivity contribution < 1.29 is 0 Å². The van der Waals surface area contributed by atoms with Crippen molar-refractivity contribution in [2.75, 3.05) is 11.9 Å². The summed E-state index contributed by atoms with van der Waals surface area (Å²) < 4.78 is 1.70. The van der Waals surface area contributed by atoms with Crippen LogP contribution in [-0.4, -0.2) is 31.0 Å². The Morgan fingerprint density at radius 3 is 2.81 bits per heavy atom. The Kier molecular flexibility index (Phi) is 6.76. The van der Waals surface area contributed by atoms with Crippen molar-refractivity contribution in [2.24, 2.45) is 0 Å². The van der Waals surface area contributed by atoms with Crippen LogP contribution in [0, 0.1) is 0 Å². The number of aromatic nitrogens is 5. The molecule has 2 N–H and O–H groups in total. The molecule has 0 aliphatic carbocycles. The third-order valence-corrected chi connectivity index (χ3v) is 4.28. The van der Waals surface area contributed by atoms with Gasteiger partial charge in [0.05, 0.1) is 16.6 Å². The highest BCUT2D eigenvalue weighted by Crippen LogP contribution is 2.24. The van der Waals surface area contributed by atoms with Crippen molar-refractivity contribution in [3.8, 4) is 0 Å².